The highest BCUT2D eigenvalue weighted by Crippen LogP contribution is 2.23. The highest BCUT2D eigenvalue weighted by Gasteiger charge is 2.27. The summed E-state index contributed by atoms with van der Waals surface area (Å²) in [6.07, 6.45) is 4.69. The molecule has 1 aliphatic heterocycles. The van der Waals surface area contributed by atoms with Crippen molar-refractivity contribution >= 4 is 17.4 Å². The zero-order chi connectivity index (χ0) is 13.7. The van der Waals surface area contributed by atoms with Crippen LogP contribution in [0.2, 0.25) is 0 Å². The zero-order valence-electron chi connectivity index (χ0n) is 11.3. The van der Waals surface area contributed by atoms with Crippen molar-refractivity contribution in [3.05, 3.63) is 10.6 Å². The minimum absolute atomic E-state index is 0.0705. The Kier molecular flexibility index (Phi) is 5.27. The van der Waals surface area contributed by atoms with Crippen LogP contribution in [0, 0.1) is 5.92 Å². The third kappa shape index (κ3) is 3.51. The number of nitrogens with zero attached hydrogens (tertiary/aromatic N) is 3. The number of aryl methyl sites for hydroxylation is 1. The fourth-order valence-corrected chi connectivity index (χ4v) is 3.26. The summed E-state index contributed by atoms with van der Waals surface area (Å²) in [6.45, 7) is 3.84. The average Bonchev–Trinajstić information content (AvgIpc) is 2.87. The molecule has 1 aliphatic rings. The van der Waals surface area contributed by atoms with Crippen LogP contribution in [0.15, 0.2) is 0 Å². The van der Waals surface area contributed by atoms with E-state index in [-0.39, 0.29) is 12.5 Å². The van der Waals surface area contributed by atoms with Gasteiger partial charge in [0, 0.05) is 19.7 Å². The van der Waals surface area contributed by atoms with Gasteiger partial charge in [0.2, 0.25) is 0 Å². The molecule has 1 aromatic rings. The minimum Gasteiger partial charge on any atom is -0.396 e. The molecule has 1 aromatic heterocycles. The van der Waals surface area contributed by atoms with E-state index in [1.165, 1.54) is 11.5 Å². The topological polar surface area (TPSA) is 66.3 Å². The number of likely N-dealkylation sites (tertiary alicyclic amines) is 1. The maximum absolute atomic E-state index is 12.5. The molecule has 1 unspecified atom stereocenters. The molecule has 0 saturated carbocycles. The number of carbonyl (C=O) groups is 1. The molecule has 1 amide bonds. The molecule has 0 radical (unpaired) electrons. The second kappa shape index (κ2) is 6.96. The van der Waals surface area contributed by atoms with Crippen LogP contribution >= 0.6 is 11.5 Å². The molecule has 2 heterocycles. The van der Waals surface area contributed by atoms with E-state index in [9.17, 15) is 4.79 Å². The first kappa shape index (κ1) is 14.4. The van der Waals surface area contributed by atoms with Crippen LogP contribution < -0.4 is 0 Å². The van der Waals surface area contributed by atoms with Gasteiger partial charge in [-0.1, -0.05) is 17.8 Å². The van der Waals surface area contributed by atoms with E-state index in [1.54, 1.807) is 0 Å². The number of amides is 1. The van der Waals surface area contributed by atoms with E-state index in [2.05, 4.69) is 16.5 Å². The molecule has 1 N–H and O–H groups in total. The third-order valence-electron chi connectivity index (χ3n) is 3.58. The molecule has 0 spiro atoms. The maximum atomic E-state index is 12.5. The third-order valence-corrected chi connectivity index (χ3v) is 4.34. The van der Waals surface area contributed by atoms with Crippen LogP contribution in [0.3, 0.4) is 0 Å². The van der Waals surface area contributed by atoms with Crippen molar-refractivity contribution in [2.75, 3.05) is 19.7 Å². The Labute approximate surface area is 117 Å². The standard InChI is InChI=1S/C13H21N3O2S/c1-2-4-11-12(19-15-14-11)13(18)16-7-3-5-10(9-16)6-8-17/h10,17H,2-9H2,1H3. The highest BCUT2D eigenvalue weighted by molar-refractivity contribution is 7.08. The van der Waals surface area contributed by atoms with Crippen LogP contribution in [-0.2, 0) is 6.42 Å². The number of piperidine rings is 1. The first-order chi connectivity index (χ1) is 9.26. The summed E-state index contributed by atoms with van der Waals surface area (Å²) < 4.78 is 3.92. The van der Waals surface area contributed by atoms with Gasteiger partial charge in [-0.3, -0.25) is 4.79 Å². The van der Waals surface area contributed by atoms with Gasteiger partial charge in [0.25, 0.3) is 5.91 Å². The number of carbonyl (C=O) groups excluding carboxylic acids is 1. The lowest BCUT2D eigenvalue weighted by Gasteiger charge is -2.32. The summed E-state index contributed by atoms with van der Waals surface area (Å²) in [7, 11) is 0. The lowest BCUT2D eigenvalue weighted by atomic mass is 9.95. The van der Waals surface area contributed by atoms with Crippen molar-refractivity contribution in [2.24, 2.45) is 5.92 Å². The fourth-order valence-electron chi connectivity index (χ4n) is 2.58. The lowest BCUT2D eigenvalue weighted by Crippen LogP contribution is -2.40. The second-order valence-electron chi connectivity index (χ2n) is 5.07. The van der Waals surface area contributed by atoms with Gasteiger partial charge in [-0.15, -0.1) is 5.10 Å². The molecule has 5 nitrogen and oxygen atoms in total. The first-order valence-electron chi connectivity index (χ1n) is 6.97. The monoisotopic (exact) mass is 283 g/mol. The Morgan fingerprint density at radius 3 is 3.16 bits per heavy atom. The molecule has 19 heavy (non-hydrogen) atoms. The van der Waals surface area contributed by atoms with E-state index >= 15 is 0 Å². The minimum atomic E-state index is 0.0705. The second-order valence-corrected chi connectivity index (χ2v) is 5.82. The molecular weight excluding hydrogens is 262 g/mol. The van der Waals surface area contributed by atoms with Gasteiger partial charge in [0.05, 0.1) is 5.69 Å². The molecule has 2 rings (SSSR count). The first-order valence-corrected chi connectivity index (χ1v) is 7.75. The van der Waals surface area contributed by atoms with Crippen molar-refractivity contribution in [3.63, 3.8) is 0 Å². The molecule has 0 aromatic carbocycles. The molecule has 1 saturated heterocycles. The van der Waals surface area contributed by atoms with Crippen molar-refractivity contribution < 1.29 is 9.90 Å². The molecular formula is C13H21N3O2S. The number of hydrogen-bond donors (Lipinski definition) is 1. The molecule has 0 aliphatic carbocycles. The lowest BCUT2D eigenvalue weighted by molar-refractivity contribution is 0.0657. The SMILES string of the molecule is CCCc1nnsc1C(=O)N1CCCC(CCO)C1. The molecule has 6 heteroatoms. The molecule has 1 fully saturated rings. The summed E-state index contributed by atoms with van der Waals surface area (Å²) in [5.41, 5.74) is 0.835. The van der Waals surface area contributed by atoms with Crippen LogP contribution in [0.5, 0.6) is 0 Å². The summed E-state index contributed by atoms with van der Waals surface area (Å²) in [5, 5.41) is 13.1. The van der Waals surface area contributed by atoms with Gasteiger partial charge >= 0.3 is 0 Å². The van der Waals surface area contributed by atoms with Gasteiger partial charge in [-0.25, -0.2) is 0 Å². The number of aliphatic hydroxyl groups is 1. The predicted octanol–water partition coefficient (Wildman–Crippen LogP) is 1.73. The van der Waals surface area contributed by atoms with Crippen molar-refractivity contribution in [3.8, 4) is 0 Å². The van der Waals surface area contributed by atoms with E-state index < -0.39 is 0 Å². The molecule has 0 bridgehead atoms. The Morgan fingerprint density at radius 1 is 1.58 bits per heavy atom. The molecule has 1 atom stereocenters. The Morgan fingerprint density at radius 2 is 2.42 bits per heavy atom. The smallest absolute Gasteiger partial charge is 0.267 e. The summed E-state index contributed by atoms with van der Waals surface area (Å²) in [5.74, 6) is 0.499. The van der Waals surface area contributed by atoms with E-state index in [1.807, 2.05) is 4.90 Å². The normalized spacial score (nSPS) is 19.7. The Hall–Kier alpha value is -1.01. The maximum Gasteiger partial charge on any atom is 0.267 e. The van der Waals surface area contributed by atoms with Crippen molar-refractivity contribution in [1.82, 2.24) is 14.5 Å². The van der Waals surface area contributed by atoms with Crippen molar-refractivity contribution in [2.45, 2.75) is 39.0 Å². The number of hydrogen-bond acceptors (Lipinski definition) is 5. The Balaban J connectivity index is 2.04. The fraction of sp³-hybridized carbons (Fsp3) is 0.769. The van der Waals surface area contributed by atoms with Crippen LogP contribution in [0.4, 0.5) is 0 Å². The van der Waals surface area contributed by atoms with E-state index in [0.717, 1.165) is 50.9 Å². The van der Waals surface area contributed by atoms with E-state index in [0.29, 0.717) is 10.8 Å². The summed E-state index contributed by atoms with van der Waals surface area (Å²) in [6, 6.07) is 0. The quantitative estimate of drug-likeness (QED) is 0.893. The molecule has 106 valence electrons. The largest absolute Gasteiger partial charge is 0.396 e. The average molecular weight is 283 g/mol. The number of rotatable bonds is 5. The zero-order valence-corrected chi connectivity index (χ0v) is 12.2. The van der Waals surface area contributed by atoms with Gasteiger partial charge < -0.3 is 10.0 Å². The van der Waals surface area contributed by atoms with E-state index in [4.69, 9.17) is 5.11 Å². The van der Waals surface area contributed by atoms with Gasteiger partial charge in [-0.05, 0) is 43.1 Å². The summed E-state index contributed by atoms with van der Waals surface area (Å²) >= 11 is 1.20. The van der Waals surface area contributed by atoms with Crippen LogP contribution in [0.25, 0.3) is 0 Å². The van der Waals surface area contributed by atoms with Crippen molar-refractivity contribution in [1.29, 1.82) is 0 Å². The van der Waals surface area contributed by atoms with Gasteiger partial charge in [0.15, 0.2) is 0 Å². The van der Waals surface area contributed by atoms with Gasteiger partial charge in [0.1, 0.15) is 4.88 Å². The summed E-state index contributed by atoms with van der Waals surface area (Å²) in [4.78, 5) is 15.1. The van der Waals surface area contributed by atoms with Crippen LogP contribution in [0.1, 0.15) is 48.0 Å². The predicted molar refractivity (Wildman–Crippen MR) is 74.2 cm³/mol. The van der Waals surface area contributed by atoms with Gasteiger partial charge in [-0.2, -0.15) is 0 Å². The van der Waals surface area contributed by atoms with Crippen LogP contribution in [-0.4, -0.2) is 45.2 Å². The number of aliphatic hydroxyl groups excluding tert-OH is 1. The highest BCUT2D eigenvalue weighted by atomic mass is 32.1. The Bertz CT molecular complexity index is 420. The number of aromatic nitrogens is 2.